The summed E-state index contributed by atoms with van der Waals surface area (Å²) < 4.78 is 0. The predicted molar refractivity (Wildman–Crippen MR) is 200 cm³/mol. The van der Waals surface area contributed by atoms with Gasteiger partial charge in [0.1, 0.15) is 11.4 Å². The lowest BCUT2D eigenvalue weighted by Crippen LogP contribution is -2.53. The molecule has 0 unspecified atom stereocenters. The minimum atomic E-state index is -0.665. The van der Waals surface area contributed by atoms with Gasteiger partial charge in [0, 0.05) is 14.1 Å². The van der Waals surface area contributed by atoms with E-state index in [1.165, 1.54) is 14.1 Å². The van der Waals surface area contributed by atoms with E-state index < -0.39 is 17.8 Å². The third-order valence-electron chi connectivity index (χ3n) is 9.59. The van der Waals surface area contributed by atoms with Crippen LogP contribution >= 0.6 is 0 Å². The molecule has 258 valence electrons. The first-order valence-electron chi connectivity index (χ1n) is 17.4. The number of para-hydroxylation sites is 4. The fourth-order valence-electron chi connectivity index (χ4n) is 6.88. The van der Waals surface area contributed by atoms with E-state index in [-0.39, 0.29) is 29.2 Å². The van der Waals surface area contributed by atoms with E-state index in [2.05, 4.69) is 102 Å². The molecule has 3 aromatic carbocycles. The molecule has 0 bridgehead atoms. The first kappa shape index (κ1) is 34.5. The highest BCUT2D eigenvalue weighted by Gasteiger charge is 2.42. The van der Waals surface area contributed by atoms with E-state index in [1.807, 2.05) is 30.3 Å². The number of benzene rings is 3. The van der Waals surface area contributed by atoms with Gasteiger partial charge in [-0.25, -0.2) is 14.8 Å². The number of rotatable bonds is 7. The molecule has 6 rings (SSSR count). The summed E-state index contributed by atoms with van der Waals surface area (Å²) in [6.45, 7) is 17.5. The van der Waals surface area contributed by atoms with Crippen LogP contribution in [0, 0.1) is 0 Å². The summed E-state index contributed by atoms with van der Waals surface area (Å²) in [6.07, 6.45) is 3.37. The first-order chi connectivity index (χ1) is 23.7. The highest BCUT2D eigenvalue weighted by atomic mass is 16.2. The van der Waals surface area contributed by atoms with E-state index in [9.17, 15) is 14.4 Å². The fourth-order valence-corrected chi connectivity index (χ4v) is 6.88. The molecule has 1 fully saturated rings. The van der Waals surface area contributed by atoms with Crippen LogP contribution in [-0.4, -0.2) is 51.7 Å². The molecule has 0 N–H and O–H groups in total. The van der Waals surface area contributed by atoms with Crippen molar-refractivity contribution in [2.45, 2.75) is 79.1 Å². The lowest BCUT2D eigenvalue weighted by Gasteiger charge is -2.33. The van der Waals surface area contributed by atoms with Crippen molar-refractivity contribution < 1.29 is 14.4 Å². The number of aromatic nitrogens is 2. The van der Waals surface area contributed by atoms with Gasteiger partial charge in [0.2, 0.25) is 0 Å². The summed E-state index contributed by atoms with van der Waals surface area (Å²) in [5.74, 6) is 1.34. The van der Waals surface area contributed by atoms with E-state index in [4.69, 9.17) is 9.97 Å². The van der Waals surface area contributed by atoms with Crippen molar-refractivity contribution >= 4 is 51.9 Å². The Balaban J connectivity index is 1.79. The largest absolute Gasteiger partial charge is 0.333 e. The molecular weight excluding hydrogens is 624 g/mol. The van der Waals surface area contributed by atoms with Crippen LogP contribution in [0.3, 0.4) is 0 Å². The number of hydrogen-bond donors (Lipinski definition) is 0. The number of barbiturate groups is 1. The molecule has 4 aromatic rings. The van der Waals surface area contributed by atoms with Crippen LogP contribution < -0.4 is 9.80 Å². The zero-order chi connectivity index (χ0) is 36.2. The second-order valence-corrected chi connectivity index (χ2v) is 14.3. The quantitative estimate of drug-likeness (QED) is 0.143. The average Bonchev–Trinajstić information content (AvgIpc) is 3.39. The number of imide groups is 2. The Morgan fingerprint density at radius 2 is 0.880 bits per heavy atom. The number of amides is 4. The predicted octanol–water partition coefficient (Wildman–Crippen LogP) is 9.23. The number of fused-ring (bicyclic) bond motifs is 2. The molecule has 1 aromatic heterocycles. The average molecular weight is 671 g/mol. The van der Waals surface area contributed by atoms with Crippen LogP contribution in [0.5, 0.6) is 0 Å². The topological polar surface area (TPSA) is 90.0 Å². The molecule has 0 aliphatic carbocycles. The van der Waals surface area contributed by atoms with Crippen molar-refractivity contribution in [3.63, 3.8) is 0 Å². The van der Waals surface area contributed by atoms with Gasteiger partial charge < -0.3 is 0 Å². The van der Waals surface area contributed by atoms with Gasteiger partial charge in [0.05, 0.1) is 22.4 Å². The molecule has 0 radical (unpaired) electrons. The van der Waals surface area contributed by atoms with Crippen molar-refractivity contribution in [1.82, 2.24) is 19.8 Å². The van der Waals surface area contributed by atoms with Crippen LogP contribution in [0.2, 0.25) is 0 Å². The number of likely N-dealkylation sites (N-methyl/N-ethyl adjacent to an activating group) is 2. The number of nitrogens with zero attached hydrogens (tertiary/aromatic N) is 6. The monoisotopic (exact) mass is 670 g/mol. The SMILES string of the molecule is CC(C)c1cccc(C(C)C)c1N1C(=CC=C2C(=O)N(C)C(=O)N(C)C2=O)N(c2c(C(C)C)cccc2C(C)C)c2nc3ccccc3nc21. The Morgan fingerprint density at radius 1 is 0.520 bits per heavy atom. The highest BCUT2D eigenvalue weighted by Crippen LogP contribution is 2.54. The number of carbonyl (C=O) groups is 3. The Morgan fingerprint density at radius 3 is 1.22 bits per heavy atom. The summed E-state index contributed by atoms with van der Waals surface area (Å²) in [5.41, 5.74) is 7.92. The molecule has 9 heteroatoms. The van der Waals surface area contributed by atoms with Crippen molar-refractivity contribution in [3.05, 3.63) is 106 Å². The normalized spacial score (nSPS) is 15.2. The summed E-state index contributed by atoms with van der Waals surface area (Å²) in [6, 6.07) is 20.0. The standard InChI is InChI=1S/C41H46N6O3/c1-23(2)27-15-13-16-28(24(3)4)35(27)46-34(22-21-31-39(48)44(9)41(50)45(10)40(31)49)47(36-29(25(5)6)17-14-18-30(36)26(7)8)38-37(46)42-32-19-11-12-20-33(32)43-38/h11-26H,1-10H3. The van der Waals surface area contributed by atoms with Gasteiger partial charge in [0.25, 0.3) is 11.8 Å². The van der Waals surface area contributed by atoms with Crippen molar-refractivity contribution in [2.75, 3.05) is 23.9 Å². The number of carbonyl (C=O) groups excluding carboxylic acids is 3. The number of allylic oxidation sites excluding steroid dienone is 2. The Bertz CT molecular complexity index is 1900. The third-order valence-corrected chi connectivity index (χ3v) is 9.59. The van der Waals surface area contributed by atoms with Gasteiger partial charge in [0.15, 0.2) is 11.6 Å². The maximum Gasteiger partial charge on any atom is 0.333 e. The lowest BCUT2D eigenvalue weighted by atomic mass is 9.91. The van der Waals surface area contributed by atoms with Crippen molar-refractivity contribution in [2.24, 2.45) is 0 Å². The lowest BCUT2D eigenvalue weighted by molar-refractivity contribution is -0.134. The Labute approximate surface area is 294 Å². The van der Waals surface area contributed by atoms with Crippen LogP contribution in [0.15, 0.2) is 84.2 Å². The van der Waals surface area contributed by atoms with E-state index in [1.54, 1.807) is 6.08 Å². The molecule has 0 spiro atoms. The molecular formula is C41H46N6O3. The van der Waals surface area contributed by atoms with E-state index >= 15 is 0 Å². The second kappa shape index (κ2) is 13.2. The molecule has 3 heterocycles. The van der Waals surface area contributed by atoms with Crippen molar-refractivity contribution in [3.8, 4) is 0 Å². The Kier molecular flexibility index (Phi) is 9.12. The van der Waals surface area contributed by atoms with Gasteiger partial charge in [-0.1, -0.05) is 104 Å². The molecule has 2 aliphatic heterocycles. The molecule has 0 atom stereocenters. The summed E-state index contributed by atoms with van der Waals surface area (Å²) in [4.78, 5) is 56.4. The minimum absolute atomic E-state index is 0.105. The van der Waals surface area contributed by atoms with Crippen molar-refractivity contribution in [1.29, 1.82) is 0 Å². The highest BCUT2D eigenvalue weighted by molar-refractivity contribution is 6.28. The third kappa shape index (κ3) is 5.64. The van der Waals surface area contributed by atoms with Crippen LogP contribution in [0.25, 0.3) is 11.0 Å². The van der Waals surface area contributed by atoms with Crippen LogP contribution in [-0.2, 0) is 9.59 Å². The maximum absolute atomic E-state index is 13.5. The number of urea groups is 1. The minimum Gasteiger partial charge on any atom is -0.276 e. The molecule has 50 heavy (non-hydrogen) atoms. The second-order valence-electron chi connectivity index (χ2n) is 14.3. The molecule has 1 saturated heterocycles. The fraction of sp³-hybridized carbons (Fsp3) is 0.341. The van der Waals surface area contributed by atoms with Gasteiger partial charge in [-0.2, -0.15) is 0 Å². The molecule has 0 saturated carbocycles. The molecule has 4 amide bonds. The summed E-state index contributed by atoms with van der Waals surface area (Å²) in [7, 11) is 2.78. The smallest absolute Gasteiger partial charge is 0.276 e. The maximum atomic E-state index is 13.5. The zero-order valence-electron chi connectivity index (χ0n) is 30.6. The van der Waals surface area contributed by atoms with Gasteiger partial charge >= 0.3 is 6.03 Å². The van der Waals surface area contributed by atoms with Gasteiger partial charge in [-0.15, -0.1) is 0 Å². The summed E-state index contributed by atoms with van der Waals surface area (Å²) >= 11 is 0. The molecule has 9 nitrogen and oxygen atoms in total. The summed E-state index contributed by atoms with van der Waals surface area (Å²) in [5, 5.41) is 0. The number of anilines is 4. The zero-order valence-corrected chi connectivity index (χ0v) is 30.6. The van der Waals surface area contributed by atoms with Gasteiger partial charge in [-0.3, -0.25) is 29.2 Å². The van der Waals surface area contributed by atoms with E-state index in [0.29, 0.717) is 17.5 Å². The number of hydrogen-bond acceptors (Lipinski definition) is 7. The molecule has 2 aliphatic rings. The first-order valence-corrected chi connectivity index (χ1v) is 17.4. The van der Waals surface area contributed by atoms with Crippen LogP contribution in [0.4, 0.5) is 27.8 Å². The van der Waals surface area contributed by atoms with Gasteiger partial charge in [-0.05, 0) is 70.2 Å². The Hall–Kier alpha value is -5.31. The van der Waals surface area contributed by atoms with E-state index in [0.717, 1.165) is 54.5 Å². The van der Waals surface area contributed by atoms with Crippen LogP contribution in [0.1, 0.15) is 101 Å².